The van der Waals surface area contributed by atoms with Crippen molar-refractivity contribution in [1.82, 2.24) is 24.4 Å². The van der Waals surface area contributed by atoms with Crippen LogP contribution in [0.4, 0.5) is 0 Å². The summed E-state index contributed by atoms with van der Waals surface area (Å²) < 4.78 is 19.3. The second kappa shape index (κ2) is 8.95. The monoisotopic (exact) mass is 457 g/mol. The Balaban J connectivity index is 1.62. The maximum atomic E-state index is 13.3. The average Bonchev–Trinajstić information content (AvgIpc) is 3.24. The van der Waals surface area contributed by atoms with Crippen LogP contribution in [0.15, 0.2) is 65.6 Å². The Kier molecular flexibility index (Phi) is 5.69. The van der Waals surface area contributed by atoms with Gasteiger partial charge in [-0.05, 0) is 29.3 Å². The first kappa shape index (κ1) is 21.6. The average molecular weight is 457 g/mol. The molecule has 0 saturated carbocycles. The fraction of sp³-hybridized carbons (Fsp3) is 0.200. The summed E-state index contributed by atoms with van der Waals surface area (Å²) in [6.07, 6.45) is 1.74. The van der Waals surface area contributed by atoms with Gasteiger partial charge >= 0.3 is 0 Å². The van der Waals surface area contributed by atoms with Crippen LogP contribution in [0, 0.1) is 0 Å². The van der Waals surface area contributed by atoms with Gasteiger partial charge in [-0.25, -0.2) is 4.52 Å². The summed E-state index contributed by atoms with van der Waals surface area (Å²) in [5.74, 6) is 1.23. The molecule has 2 aromatic carbocycles. The van der Waals surface area contributed by atoms with Crippen LogP contribution in [-0.2, 0) is 17.9 Å². The topological polar surface area (TPSA) is 92.8 Å². The molecule has 0 N–H and O–H groups in total. The predicted octanol–water partition coefficient (Wildman–Crippen LogP) is 3.32. The maximum absolute atomic E-state index is 13.3. The first-order chi connectivity index (χ1) is 16.6. The molecule has 0 atom stereocenters. The van der Waals surface area contributed by atoms with Gasteiger partial charge < -0.3 is 18.8 Å². The number of fused-ring (bicyclic) bond motifs is 3. The van der Waals surface area contributed by atoms with Crippen molar-refractivity contribution in [3.05, 3.63) is 82.4 Å². The third kappa shape index (κ3) is 3.65. The summed E-state index contributed by atoms with van der Waals surface area (Å²) in [5.41, 5.74) is 4.55. The van der Waals surface area contributed by atoms with Gasteiger partial charge in [0.15, 0.2) is 22.7 Å². The highest BCUT2D eigenvalue weighted by molar-refractivity contribution is 5.84. The van der Waals surface area contributed by atoms with E-state index in [0.29, 0.717) is 35.8 Å². The molecule has 0 bridgehead atoms. The number of ether oxygens (including phenoxy) is 3. The van der Waals surface area contributed by atoms with E-state index >= 15 is 0 Å². The van der Waals surface area contributed by atoms with E-state index in [2.05, 4.69) is 10.2 Å². The lowest BCUT2D eigenvalue weighted by atomic mass is 10.1. The van der Waals surface area contributed by atoms with Gasteiger partial charge in [-0.1, -0.05) is 36.4 Å². The molecule has 34 heavy (non-hydrogen) atoms. The van der Waals surface area contributed by atoms with Crippen molar-refractivity contribution in [2.45, 2.75) is 13.2 Å². The van der Waals surface area contributed by atoms with Crippen molar-refractivity contribution in [1.29, 1.82) is 0 Å². The fourth-order valence-electron chi connectivity index (χ4n) is 4.07. The van der Waals surface area contributed by atoms with Gasteiger partial charge in [0.05, 0.1) is 38.6 Å². The highest BCUT2D eigenvalue weighted by Gasteiger charge is 2.19. The molecule has 0 aliphatic heterocycles. The van der Waals surface area contributed by atoms with Crippen LogP contribution in [0.2, 0.25) is 0 Å². The SMILES string of the molecule is COCc1nn2c(nnc3c(=O)n(Cc4ccc(OC)c(OC)c4)ccc32)c1-c1ccccc1. The molecule has 0 fully saturated rings. The van der Waals surface area contributed by atoms with Gasteiger partial charge in [0, 0.05) is 13.3 Å². The standard InChI is InChI=1S/C25H23N5O4/c1-32-15-18-22(17-7-5-4-6-8-17)24-27-26-23-19(30(24)28-18)11-12-29(25(23)31)14-16-9-10-20(33-2)21(13-16)34-3/h4-13H,14-15H2,1-3H3. The van der Waals surface area contributed by atoms with Crippen LogP contribution in [0.25, 0.3) is 27.8 Å². The molecule has 5 rings (SSSR count). The predicted molar refractivity (Wildman–Crippen MR) is 127 cm³/mol. The third-order valence-electron chi connectivity index (χ3n) is 5.67. The van der Waals surface area contributed by atoms with Crippen molar-refractivity contribution in [2.24, 2.45) is 0 Å². The second-order valence-electron chi connectivity index (χ2n) is 7.73. The van der Waals surface area contributed by atoms with Crippen LogP contribution in [0.1, 0.15) is 11.3 Å². The lowest BCUT2D eigenvalue weighted by molar-refractivity contribution is 0.181. The number of hydrogen-bond acceptors (Lipinski definition) is 7. The van der Waals surface area contributed by atoms with Gasteiger partial charge in [-0.15, -0.1) is 10.2 Å². The van der Waals surface area contributed by atoms with E-state index in [4.69, 9.17) is 19.3 Å². The minimum atomic E-state index is -0.258. The first-order valence-corrected chi connectivity index (χ1v) is 10.7. The van der Waals surface area contributed by atoms with Crippen LogP contribution in [0.3, 0.4) is 0 Å². The molecule has 0 aliphatic rings. The van der Waals surface area contributed by atoms with Gasteiger partial charge in [-0.3, -0.25) is 4.79 Å². The van der Waals surface area contributed by atoms with Crippen LogP contribution in [0.5, 0.6) is 11.5 Å². The largest absolute Gasteiger partial charge is 0.493 e. The minimum Gasteiger partial charge on any atom is -0.493 e. The van der Waals surface area contributed by atoms with Gasteiger partial charge in [0.2, 0.25) is 0 Å². The van der Waals surface area contributed by atoms with E-state index in [1.807, 2.05) is 54.6 Å². The summed E-state index contributed by atoms with van der Waals surface area (Å²) in [7, 11) is 4.78. The molecule has 0 spiro atoms. The van der Waals surface area contributed by atoms with E-state index in [0.717, 1.165) is 22.4 Å². The van der Waals surface area contributed by atoms with Crippen molar-refractivity contribution >= 4 is 16.7 Å². The van der Waals surface area contributed by atoms with E-state index in [1.165, 1.54) is 0 Å². The number of nitrogens with zero attached hydrogens (tertiary/aromatic N) is 5. The number of hydrogen-bond donors (Lipinski definition) is 0. The smallest absolute Gasteiger partial charge is 0.280 e. The summed E-state index contributed by atoms with van der Waals surface area (Å²) in [6, 6.07) is 17.2. The van der Waals surface area contributed by atoms with Crippen LogP contribution >= 0.6 is 0 Å². The normalized spacial score (nSPS) is 11.3. The zero-order chi connectivity index (χ0) is 23.7. The Labute approximate surface area is 195 Å². The zero-order valence-corrected chi connectivity index (χ0v) is 19.1. The third-order valence-corrected chi connectivity index (χ3v) is 5.67. The lowest BCUT2D eigenvalue weighted by Gasteiger charge is -2.11. The molecular weight excluding hydrogens is 434 g/mol. The molecule has 172 valence electrons. The number of pyridine rings is 1. The number of benzene rings is 2. The minimum absolute atomic E-state index is 0.238. The maximum Gasteiger partial charge on any atom is 0.280 e. The highest BCUT2D eigenvalue weighted by Crippen LogP contribution is 2.29. The Morgan fingerprint density at radius 2 is 1.71 bits per heavy atom. The van der Waals surface area contributed by atoms with Gasteiger partial charge in [-0.2, -0.15) is 5.10 Å². The van der Waals surface area contributed by atoms with Gasteiger partial charge in [0.1, 0.15) is 5.52 Å². The van der Waals surface area contributed by atoms with Crippen molar-refractivity contribution < 1.29 is 14.2 Å². The molecule has 9 nitrogen and oxygen atoms in total. The Morgan fingerprint density at radius 3 is 2.44 bits per heavy atom. The van der Waals surface area contributed by atoms with E-state index in [-0.39, 0.29) is 11.1 Å². The van der Waals surface area contributed by atoms with E-state index < -0.39 is 0 Å². The molecule has 0 saturated heterocycles. The van der Waals surface area contributed by atoms with Crippen LogP contribution in [-0.4, -0.2) is 45.7 Å². The second-order valence-corrected chi connectivity index (χ2v) is 7.73. The first-order valence-electron chi connectivity index (χ1n) is 10.7. The highest BCUT2D eigenvalue weighted by atomic mass is 16.5. The summed E-state index contributed by atoms with van der Waals surface area (Å²) in [4.78, 5) is 13.3. The number of rotatable bonds is 7. The molecule has 0 radical (unpaired) electrons. The molecule has 5 aromatic rings. The molecule has 0 amide bonds. The van der Waals surface area contributed by atoms with Crippen molar-refractivity contribution in [2.75, 3.05) is 21.3 Å². The van der Waals surface area contributed by atoms with Crippen molar-refractivity contribution in [3.8, 4) is 22.6 Å². The van der Waals surface area contributed by atoms with E-state index in [1.54, 1.807) is 36.6 Å². The Morgan fingerprint density at radius 1 is 0.912 bits per heavy atom. The Bertz CT molecular complexity index is 1540. The molecule has 3 heterocycles. The summed E-state index contributed by atoms with van der Waals surface area (Å²) >= 11 is 0. The number of aromatic nitrogens is 5. The molecule has 0 aliphatic carbocycles. The van der Waals surface area contributed by atoms with Gasteiger partial charge in [0.25, 0.3) is 5.56 Å². The Hall–Kier alpha value is -4.24. The quantitative estimate of drug-likeness (QED) is 0.370. The number of methoxy groups -OCH3 is 3. The van der Waals surface area contributed by atoms with Crippen LogP contribution < -0.4 is 15.0 Å². The molecule has 0 unspecified atom stereocenters. The molecular formula is C25H23N5O4. The summed E-state index contributed by atoms with van der Waals surface area (Å²) in [5, 5.41) is 13.4. The van der Waals surface area contributed by atoms with E-state index in [9.17, 15) is 4.79 Å². The summed E-state index contributed by atoms with van der Waals surface area (Å²) in [6.45, 7) is 0.656. The molecule has 9 heteroatoms. The van der Waals surface area contributed by atoms with Crippen molar-refractivity contribution in [3.63, 3.8) is 0 Å². The fourth-order valence-corrected chi connectivity index (χ4v) is 4.07. The molecule has 3 aromatic heterocycles. The zero-order valence-electron chi connectivity index (χ0n) is 19.1. The lowest BCUT2D eigenvalue weighted by Crippen LogP contribution is -2.22.